The Morgan fingerprint density at radius 1 is 1.08 bits per heavy atom. The van der Waals surface area contributed by atoms with Crippen LogP contribution in [0.4, 0.5) is 22.0 Å². The number of benzene rings is 2. The first-order valence-corrected chi connectivity index (χ1v) is 7.78. The molecule has 0 aliphatic heterocycles. The van der Waals surface area contributed by atoms with Crippen LogP contribution in [0.25, 0.3) is 11.1 Å². The number of rotatable bonds is 4. The Morgan fingerprint density at radius 3 is 2.04 bits per heavy atom. The fraction of sp³-hybridized carbons (Fsp3) is 0.316. The summed E-state index contributed by atoms with van der Waals surface area (Å²) >= 11 is 0. The number of halogens is 5. The lowest BCUT2D eigenvalue weighted by atomic mass is 9.88. The van der Waals surface area contributed by atoms with E-state index in [4.69, 9.17) is 0 Å². The Bertz CT molecular complexity index is 821. The standard InChI is InChI=1S/C19H17F5O2/c1-10(2)15-16(14(20)8-12(9-25)17(15)21)11-4-6-13(7-5-11)18(3,26)19(22,23)24/h4-10,26H,1-3H3. The first kappa shape index (κ1) is 20.0. The lowest BCUT2D eigenvalue weighted by Crippen LogP contribution is -2.39. The van der Waals surface area contributed by atoms with Crippen molar-refractivity contribution in [2.45, 2.75) is 38.5 Å². The van der Waals surface area contributed by atoms with Crippen molar-refractivity contribution in [3.63, 3.8) is 0 Å². The largest absolute Gasteiger partial charge is 0.421 e. The Labute approximate surface area is 147 Å². The van der Waals surface area contributed by atoms with Crippen LogP contribution >= 0.6 is 0 Å². The molecule has 2 rings (SSSR count). The van der Waals surface area contributed by atoms with Gasteiger partial charge in [0.1, 0.15) is 11.6 Å². The van der Waals surface area contributed by atoms with Gasteiger partial charge in [-0.2, -0.15) is 13.2 Å². The number of hydrogen-bond donors (Lipinski definition) is 1. The van der Waals surface area contributed by atoms with Crippen LogP contribution < -0.4 is 0 Å². The minimum absolute atomic E-state index is 0.0394. The van der Waals surface area contributed by atoms with Gasteiger partial charge in [0.2, 0.25) is 0 Å². The van der Waals surface area contributed by atoms with Gasteiger partial charge in [0, 0.05) is 11.1 Å². The Hall–Kier alpha value is -2.28. The fourth-order valence-corrected chi connectivity index (χ4v) is 2.71. The van der Waals surface area contributed by atoms with E-state index in [-0.39, 0.29) is 23.0 Å². The van der Waals surface area contributed by atoms with Gasteiger partial charge in [-0.05, 0) is 30.0 Å². The normalized spacial score (nSPS) is 14.4. The molecule has 2 nitrogen and oxygen atoms in total. The van der Waals surface area contributed by atoms with Gasteiger partial charge >= 0.3 is 6.18 Å². The Morgan fingerprint density at radius 2 is 1.62 bits per heavy atom. The highest BCUT2D eigenvalue weighted by Gasteiger charge is 2.51. The number of alkyl halides is 3. The number of carbonyl (C=O) groups excluding carboxylic acids is 1. The van der Waals surface area contributed by atoms with E-state index in [1.807, 2.05) is 0 Å². The fourth-order valence-electron chi connectivity index (χ4n) is 2.71. The quantitative estimate of drug-likeness (QED) is 0.581. The SMILES string of the molecule is CC(C)c1c(F)c(C=O)cc(F)c1-c1ccc(C(C)(O)C(F)(F)F)cc1. The highest BCUT2D eigenvalue weighted by atomic mass is 19.4. The minimum Gasteiger partial charge on any atom is -0.376 e. The van der Waals surface area contributed by atoms with Crippen molar-refractivity contribution in [3.05, 3.63) is 58.7 Å². The van der Waals surface area contributed by atoms with Crippen LogP contribution in [-0.2, 0) is 5.60 Å². The first-order chi connectivity index (χ1) is 11.9. The molecule has 2 aromatic rings. The van der Waals surface area contributed by atoms with Crippen LogP contribution in [0.1, 0.15) is 48.2 Å². The molecule has 140 valence electrons. The predicted molar refractivity (Wildman–Crippen MR) is 86.9 cm³/mol. The summed E-state index contributed by atoms with van der Waals surface area (Å²) in [5.74, 6) is -2.19. The molecular formula is C19H17F5O2. The van der Waals surface area contributed by atoms with Gasteiger partial charge in [-0.1, -0.05) is 38.1 Å². The molecule has 0 spiro atoms. The van der Waals surface area contributed by atoms with E-state index in [9.17, 15) is 31.9 Å². The molecule has 0 aliphatic rings. The molecule has 7 heteroatoms. The minimum atomic E-state index is -4.89. The summed E-state index contributed by atoms with van der Waals surface area (Å²) in [5.41, 5.74) is -3.94. The maximum atomic E-state index is 14.5. The smallest absolute Gasteiger partial charge is 0.376 e. The van der Waals surface area contributed by atoms with Gasteiger partial charge < -0.3 is 5.11 Å². The van der Waals surface area contributed by atoms with Crippen molar-refractivity contribution in [1.29, 1.82) is 0 Å². The summed E-state index contributed by atoms with van der Waals surface area (Å²) in [7, 11) is 0. The first-order valence-electron chi connectivity index (χ1n) is 7.78. The number of aldehydes is 1. The molecule has 0 radical (unpaired) electrons. The molecule has 0 aliphatic carbocycles. The number of carbonyl (C=O) groups is 1. The summed E-state index contributed by atoms with van der Waals surface area (Å²) in [6.07, 6.45) is -4.68. The molecule has 2 aromatic carbocycles. The second-order valence-corrected chi connectivity index (χ2v) is 6.47. The zero-order valence-electron chi connectivity index (χ0n) is 14.3. The molecule has 1 atom stereocenters. The van der Waals surface area contributed by atoms with Gasteiger partial charge in [0.05, 0.1) is 5.56 Å². The molecule has 0 heterocycles. The topological polar surface area (TPSA) is 37.3 Å². The van der Waals surface area contributed by atoms with Crippen molar-refractivity contribution in [3.8, 4) is 11.1 Å². The molecule has 0 bridgehead atoms. The van der Waals surface area contributed by atoms with Gasteiger partial charge in [-0.3, -0.25) is 4.79 Å². The summed E-state index contributed by atoms with van der Waals surface area (Å²) in [4.78, 5) is 10.9. The summed E-state index contributed by atoms with van der Waals surface area (Å²) < 4.78 is 67.7. The summed E-state index contributed by atoms with van der Waals surface area (Å²) in [6.45, 7) is 3.83. The number of hydrogen-bond acceptors (Lipinski definition) is 2. The maximum absolute atomic E-state index is 14.5. The monoisotopic (exact) mass is 372 g/mol. The molecule has 1 unspecified atom stereocenters. The van der Waals surface area contributed by atoms with Crippen molar-refractivity contribution in [1.82, 2.24) is 0 Å². The molecule has 26 heavy (non-hydrogen) atoms. The molecule has 0 saturated heterocycles. The summed E-state index contributed by atoms with van der Waals surface area (Å²) in [5, 5.41) is 9.70. The van der Waals surface area contributed by atoms with E-state index in [2.05, 4.69) is 0 Å². The Kier molecular flexibility index (Phi) is 5.24. The molecular weight excluding hydrogens is 355 g/mol. The van der Waals surface area contributed by atoms with Crippen LogP contribution in [0.2, 0.25) is 0 Å². The van der Waals surface area contributed by atoms with Crippen LogP contribution in [-0.4, -0.2) is 17.6 Å². The number of aliphatic hydroxyl groups is 1. The van der Waals surface area contributed by atoms with Gasteiger partial charge in [0.15, 0.2) is 11.9 Å². The van der Waals surface area contributed by atoms with Crippen LogP contribution in [0.15, 0.2) is 30.3 Å². The predicted octanol–water partition coefficient (Wildman–Crippen LogP) is 5.34. The van der Waals surface area contributed by atoms with Crippen molar-refractivity contribution < 1.29 is 31.9 Å². The van der Waals surface area contributed by atoms with Crippen LogP contribution in [0, 0.1) is 11.6 Å². The average Bonchev–Trinajstić information content (AvgIpc) is 2.55. The Balaban J connectivity index is 2.64. The third-order valence-electron chi connectivity index (χ3n) is 4.27. The van der Waals surface area contributed by atoms with Crippen LogP contribution in [0.5, 0.6) is 0 Å². The maximum Gasteiger partial charge on any atom is 0.421 e. The third kappa shape index (κ3) is 3.35. The average molecular weight is 372 g/mol. The van der Waals surface area contributed by atoms with Gasteiger partial charge in [-0.15, -0.1) is 0 Å². The molecule has 0 fully saturated rings. The van der Waals surface area contributed by atoms with Crippen LogP contribution in [0.3, 0.4) is 0 Å². The highest BCUT2D eigenvalue weighted by molar-refractivity contribution is 5.80. The van der Waals surface area contributed by atoms with E-state index < -0.39 is 40.5 Å². The second-order valence-electron chi connectivity index (χ2n) is 6.47. The molecule has 1 N–H and O–H groups in total. The van der Waals surface area contributed by atoms with E-state index >= 15 is 0 Å². The van der Waals surface area contributed by atoms with E-state index in [0.717, 1.165) is 18.2 Å². The zero-order valence-corrected chi connectivity index (χ0v) is 14.3. The van der Waals surface area contributed by atoms with Crippen molar-refractivity contribution in [2.75, 3.05) is 0 Å². The molecule has 0 amide bonds. The molecule has 0 saturated carbocycles. The third-order valence-corrected chi connectivity index (χ3v) is 4.27. The zero-order chi connectivity index (χ0) is 19.9. The van der Waals surface area contributed by atoms with E-state index in [1.54, 1.807) is 13.8 Å². The molecule has 0 aromatic heterocycles. The van der Waals surface area contributed by atoms with E-state index in [0.29, 0.717) is 6.92 Å². The summed E-state index contributed by atoms with van der Waals surface area (Å²) in [6, 6.07) is 5.14. The van der Waals surface area contributed by atoms with E-state index in [1.165, 1.54) is 12.1 Å². The van der Waals surface area contributed by atoms with Crippen molar-refractivity contribution in [2.24, 2.45) is 0 Å². The lowest BCUT2D eigenvalue weighted by molar-refractivity contribution is -0.258. The van der Waals surface area contributed by atoms with Gasteiger partial charge in [0.25, 0.3) is 0 Å². The lowest BCUT2D eigenvalue weighted by Gasteiger charge is -2.27. The van der Waals surface area contributed by atoms with Gasteiger partial charge in [-0.25, -0.2) is 8.78 Å². The van der Waals surface area contributed by atoms with Crippen molar-refractivity contribution >= 4 is 6.29 Å². The second kappa shape index (κ2) is 6.79. The highest BCUT2D eigenvalue weighted by Crippen LogP contribution is 2.40.